The summed E-state index contributed by atoms with van der Waals surface area (Å²) >= 11 is 0. The minimum atomic E-state index is -0.581. The summed E-state index contributed by atoms with van der Waals surface area (Å²) in [6, 6.07) is 13.7. The highest BCUT2D eigenvalue weighted by Crippen LogP contribution is 2.30. The fourth-order valence-electron chi connectivity index (χ4n) is 2.95. The Labute approximate surface area is 169 Å². The number of anilines is 1. The molecular formula is C21H25N3O5. The minimum absolute atomic E-state index is 0.0774. The third-order valence-corrected chi connectivity index (χ3v) is 4.44. The van der Waals surface area contributed by atoms with Crippen LogP contribution in [0.2, 0.25) is 0 Å². The van der Waals surface area contributed by atoms with E-state index in [9.17, 15) is 9.59 Å². The van der Waals surface area contributed by atoms with Gasteiger partial charge in [0, 0.05) is 12.2 Å². The molecule has 0 radical (unpaired) electrons. The van der Waals surface area contributed by atoms with Crippen molar-refractivity contribution in [3.63, 3.8) is 0 Å². The van der Waals surface area contributed by atoms with Crippen molar-refractivity contribution in [3.8, 4) is 17.2 Å². The van der Waals surface area contributed by atoms with Crippen LogP contribution < -0.4 is 24.8 Å². The molecule has 0 fully saturated rings. The molecule has 0 saturated carbocycles. The van der Waals surface area contributed by atoms with Crippen LogP contribution in [0.1, 0.15) is 6.92 Å². The highest BCUT2D eigenvalue weighted by Gasteiger charge is 2.23. The van der Waals surface area contributed by atoms with Crippen molar-refractivity contribution in [2.24, 2.45) is 0 Å². The second kappa shape index (κ2) is 9.79. The lowest BCUT2D eigenvalue weighted by atomic mass is 10.2. The Balaban J connectivity index is 1.46. The number of likely N-dealkylation sites (N-methyl/N-ethyl adjacent to an activating group) is 1. The highest BCUT2D eigenvalue weighted by atomic mass is 16.6. The Morgan fingerprint density at radius 1 is 1.14 bits per heavy atom. The Morgan fingerprint density at radius 2 is 1.86 bits per heavy atom. The largest absolute Gasteiger partial charge is 0.497 e. The molecule has 29 heavy (non-hydrogen) atoms. The summed E-state index contributed by atoms with van der Waals surface area (Å²) < 4.78 is 16.7. The summed E-state index contributed by atoms with van der Waals surface area (Å²) in [7, 11) is 1.57. The first-order chi connectivity index (χ1) is 14.1. The van der Waals surface area contributed by atoms with E-state index >= 15 is 0 Å². The molecule has 3 amide bonds. The zero-order valence-corrected chi connectivity index (χ0v) is 16.5. The number of nitrogens with one attached hydrogen (secondary N) is 2. The van der Waals surface area contributed by atoms with E-state index in [2.05, 4.69) is 10.6 Å². The van der Waals surface area contributed by atoms with Crippen LogP contribution in [0.25, 0.3) is 0 Å². The molecule has 3 rings (SSSR count). The summed E-state index contributed by atoms with van der Waals surface area (Å²) in [5.74, 6) is 1.71. The molecule has 0 aromatic heterocycles. The molecule has 8 heteroatoms. The number of hydrogen-bond acceptors (Lipinski definition) is 6. The molecule has 8 nitrogen and oxygen atoms in total. The van der Waals surface area contributed by atoms with Crippen LogP contribution >= 0.6 is 0 Å². The molecule has 1 atom stereocenters. The second-order valence-electron chi connectivity index (χ2n) is 6.56. The molecule has 2 N–H and O–H groups in total. The van der Waals surface area contributed by atoms with Gasteiger partial charge in [0.05, 0.1) is 13.7 Å². The molecular weight excluding hydrogens is 374 g/mol. The van der Waals surface area contributed by atoms with Gasteiger partial charge in [-0.1, -0.05) is 19.1 Å². The summed E-state index contributed by atoms with van der Waals surface area (Å²) in [5, 5.41) is 4.96. The number of carbonyl (C=O) groups is 2. The van der Waals surface area contributed by atoms with Crippen LogP contribution in [0, 0.1) is 0 Å². The average Bonchev–Trinajstić information content (AvgIpc) is 2.73. The quantitative estimate of drug-likeness (QED) is 0.744. The highest BCUT2D eigenvalue weighted by molar-refractivity contribution is 6.01. The zero-order valence-electron chi connectivity index (χ0n) is 16.5. The lowest BCUT2D eigenvalue weighted by molar-refractivity contribution is -0.121. The molecule has 0 saturated heterocycles. The normalized spacial score (nSPS) is 14.9. The van der Waals surface area contributed by atoms with Crippen molar-refractivity contribution in [1.29, 1.82) is 0 Å². The molecule has 1 aliphatic rings. The van der Waals surface area contributed by atoms with Gasteiger partial charge in [0.1, 0.15) is 18.5 Å². The van der Waals surface area contributed by atoms with Gasteiger partial charge in [-0.15, -0.1) is 0 Å². The maximum Gasteiger partial charge on any atom is 0.325 e. The van der Waals surface area contributed by atoms with E-state index in [1.54, 1.807) is 31.4 Å². The maximum atomic E-state index is 12.2. The molecule has 0 spiro atoms. The van der Waals surface area contributed by atoms with E-state index in [0.29, 0.717) is 36.9 Å². The van der Waals surface area contributed by atoms with Gasteiger partial charge in [-0.2, -0.15) is 0 Å². The van der Waals surface area contributed by atoms with Crippen molar-refractivity contribution >= 4 is 17.6 Å². The van der Waals surface area contributed by atoms with Gasteiger partial charge >= 0.3 is 6.03 Å². The average molecular weight is 399 g/mol. The summed E-state index contributed by atoms with van der Waals surface area (Å²) in [6.07, 6.45) is -0.189. The van der Waals surface area contributed by atoms with E-state index in [-0.39, 0.29) is 12.6 Å². The smallest absolute Gasteiger partial charge is 0.325 e. The SMILES string of the molecule is CCN(CC(=O)NC(=O)Nc1ccc(OC)cc1)C[C@H]1COc2ccccc2O1. The fourth-order valence-corrected chi connectivity index (χ4v) is 2.95. The number of fused-ring (bicyclic) bond motifs is 1. The van der Waals surface area contributed by atoms with E-state index in [1.807, 2.05) is 36.1 Å². The number of rotatable bonds is 7. The van der Waals surface area contributed by atoms with Crippen molar-refractivity contribution in [2.75, 3.05) is 38.7 Å². The van der Waals surface area contributed by atoms with E-state index < -0.39 is 11.9 Å². The molecule has 2 aromatic carbocycles. The minimum Gasteiger partial charge on any atom is -0.497 e. The van der Waals surface area contributed by atoms with Crippen molar-refractivity contribution < 1.29 is 23.8 Å². The summed E-state index contributed by atoms with van der Waals surface area (Å²) in [6.45, 7) is 3.58. The third kappa shape index (κ3) is 5.86. The second-order valence-corrected chi connectivity index (χ2v) is 6.56. The summed E-state index contributed by atoms with van der Waals surface area (Å²) in [5.41, 5.74) is 0.565. The number of imide groups is 1. The molecule has 0 aliphatic carbocycles. The first-order valence-corrected chi connectivity index (χ1v) is 9.43. The predicted octanol–water partition coefficient (Wildman–Crippen LogP) is 2.51. The number of carbonyl (C=O) groups excluding carboxylic acids is 2. The topological polar surface area (TPSA) is 89.1 Å². The number of benzene rings is 2. The zero-order chi connectivity index (χ0) is 20.6. The predicted molar refractivity (Wildman–Crippen MR) is 109 cm³/mol. The number of amides is 3. The first kappa shape index (κ1) is 20.5. The monoisotopic (exact) mass is 399 g/mol. The standard InChI is InChI=1S/C21H25N3O5/c1-3-24(12-17-14-28-18-6-4-5-7-19(18)29-17)13-20(25)23-21(26)22-15-8-10-16(27-2)11-9-15/h4-11,17H,3,12-14H2,1-2H3,(H2,22,23,25,26)/t17-/m0/s1. The Morgan fingerprint density at radius 3 is 2.55 bits per heavy atom. The first-order valence-electron chi connectivity index (χ1n) is 9.43. The number of ether oxygens (including phenoxy) is 3. The molecule has 1 aliphatic heterocycles. The van der Waals surface area contributed by atoms with Crippen LogP contribution in [0.4, 0.5) is 10.5 Å². The molecule has 154 valence electrons. The lowest BCUT2D eigenvalue weighted by Crippen LogP contribution is -2.46. The van der Waals surface area contributed by atoms with E-state index in [4.69, 9.17) is 14.2 Å². The van der Waals surface area contributed by atoms with Gasteiger partial charge in [0.2, 0.25) is 5.91 Å². The number of nitrogens with zero attached hydrogens (tertiary/aromatic N) is 1. The van der Waals surface area contributed by atoms with Gasteiger partial charge in [0.25, 0.3) is 0 Å². The van der Waals surface area contributed by atoms with Crippen molar-refractivity contribution in [2.45, 2.75) is 13.0 Å². The molecule has 1 heterocycles. The van der Waals surface area contributed by atoms with Crippen LogP contribution in [-0.4, -0.2) is 56.3 Å². The maximum absolute atomic E-state index is 12.2. The van der Waals surface area contributed by atoms with Crippen LogP contribution in [0.3, 0.4) is 0 Å². The van der Waals surface area contributed by atoms with E-state index in [1.165, 1.54) is 0 Å². The van der Waals surface area contributed by atoms with Gasteiger partial charge in [-0.3, -0.25) is 15.0 Å². The number of para-hydroxylation sites is 2. The van der Waals surface area contributed by atoms with Crippen LogP contribution in [0.5, 0.6) is 17.2 Å². The number of urea groups is 1. The van der Waals surface area contributed by atoms with E-state index in [0.717, 1.165) is 5.75 Å². The Kier molecular flexibility index (Phi) is 6.91. The van der Waals surface area contributed by atoms with Gasteiger partial charge in [0.15, 0.2) is 11.5 Å². The summed E-state index contributed by atoms with van der Waals surface area (Å²) in [4.78, 5) is 26.2. The van der Waals surface area contributed by atoms with Gasteiger partial charge in [-0.25, -0.2) is 4.79 Å². The lowest BCUT2D eigenvalue weighted by Gasteiger charge is -2.30. The Bertz CT molecular complexity index is 840. The van der Waals surface area contributed by atoms with Crippen LogP contribution in [-0.2, 0) is 4.79 Å². The Hall–Kier alpha value is -3.26. The van der Waals surface area contributed by atoms with Crippen molar-refractivity contribution in [1.82, 2.24) is 10.2 Å². The number of methoxy groups -OCH3 is 1. The molecule has 0 unspecified atom stereocenters. The third-order valence-electron chi connectivity index (χ3n) is 4.44. The van der Waals surface area contributed by atoms with Gasteiger partial charge in [-0.05, 0) is 42.9 Å². The van der Waals surface area contributed by atoms with Crippen LogP contribution in [0.15, 0.2) is 48.5 Å². The van der Waals surface area contributed by atoms with Crippen molar-refractivity contribution in [3.05, 3.63) is 48.5 Å². The molecule has 2 aromatic rings. The van der Waals surface area contributed by atoms with Gasteiger partial charge < -0.3 is 19.5 Å². The number of hydrogen-bond donors (Lipinski definition) is 2. The fraction of sp³-hybridized carbons (Fsp3) is 0.333. The molecule has 0 bridgehead atoms.